The predicted molar refractivity (Wildman–Crippen MR) is 130 cm³/mol. The first-order chi connectivity index (χ1) is 16.2. The maximum Gasteiger partial charge on any atom is 0.254 e. The van der Waals surface area contributed by atoms with Gasteiger partial charge in [0.25, 0.3) is 5.91 Å². The molecule has 0 bridgehead atoms. The highest BCUT2D eigenvalue weighted by atomic mass is 32.2. The van der Waals surface area contributed by atoms with Gasteiger partial charge in [0.1, 0.15) is 5.60 Å². The average Bonchev–Trinajstić information content (AvgIpc) is 2.81. The number of amides is 1. The van der Waals surface area contributed by atoms with Crippen molar-refractivity contribution in [1.29, 1.82) is 0 Å². The molecule has 0 aliphatic carbocycles. The fourth-order valence-corrected chi connectivity index (χ4v) is 6.03. The Morgan fingerprint density at radius 2 is 1.76 bits per heavy atom. The molecule has 34 heavy (non-hydrogen) atoms. The summed E-state index contributed by atoms with van der Waals surface area (Å²) in [6.07, 6.45) is 3.22. The number of fused-ring (bicyclic) bond motifs is 1. The number of carbonyl (C=O) groups excluding carboxylic acids is 1. The molecule has 2 heterocycles. The van der Waals surface area contributed by atoms with Crippen molar-refractivity contribution < 1.29 is 18.3 Å². The molecule has 0 atom stereocenters. The number of likely N-dealkylation sites (tertiary alicyclic amines) is 1. The predicted octanol–water partition coefficient (Wildman–Crippen LogP) is 3.86. The Kier molecular flexibility index (Phi) is 5.46. The molecule has 1 aliphatic heterocycles. The number of β-amino-alcohol motifs (C(OH)–C–C–N with tert-alkyl or cyclic N) is 1. The zero-order chi connectivity index (χ0) is 23.9. The van der Waals surface area contributed by atoms with Crippen molar-refractivity contribution in [3.05, 3.63) is 107 Å². The molecule has 5 rings (SSSR count). The van der Waals surface area contributed by atoms with E-state index in [0.717, 1.165) is 16.5 Å². The fraction of sp³-hybridized carbons (Fsp3) is 0.185. The molecule has 1 fully saturated rings. The van der Waals surface area contributed by atoms with Crippen molar-refractivity contribution in [3.63, 3.8) is 0 Å². The Labute approximate surface area is 198 Å². The number of carbonyl (C=O) groups is 1. The molecular formula is C27H24N2O4S. The first kappa shape index (κ1) is 22.3. The monoisotopic (exact) mass is 472 g/mol. The minimum absolute atomic E-state index is 0.167. The van der Waals surface area contributed by atoms with Gasteiger partial charge in [0, 0.05) is 28.7 Å². The lowest BCUT2D eigenvalue weighted by atomic mass is 9.85. The van der Waals surface area contributed by atoms with Gasteiger partial charge in [-0.05, 0) is 42.3 Å². The van der Waals surface area contributed by atoms with Crippen molar-refractivity contribution >= 4 is 26.5 Å². The average molecular weight is 473 g/mol. The molecular weight excluding hydrogens is 448 g/mol. The van der Waals surface area contributed by atoms with Crippen LogP contribution in [0, 0.1) is 6.92 Å². The molecule has 7 heteroatoms. The number of hydrogen-bond donors (Lipinski definition) is 1. The Morgan fingerprint density at radius 1 is 1.03 bits per heavy atom. The summed E-state index contributed by atoms with van der Waals surface area (Å²) >= 11 is 0. The van der Waals surface area contributed by atoms with Gasteiger partial charge in [-0.15, -0.1) is 0 Å². The second-order valence-electron chi connectivity index (χ2n) is 8.87. The van der Waals surface area contributed by atoms with Crippen LogP contribution in [-0.2, 0) is 21.2 Å². The molecule has 1 aromatic heterocycles. The maximum atomic E-state index is 13.1. The molecule has 0 spiro atoms. The minimum atomic E-state index is -3.59. The van der Waals surface area contributed by atoms with Crippen LogP contribution >= 0.6 is 0 Å². The third kappa shape index (κ3) is 4.08. The van der Waals surface area contributed by atoms with E-state index < -0.39 is 15.4 Å². The molecule has 172 valence electrons. The second kappa shape index (κ2) is 8.34. The molecule has 3 aromatic carbocycles. The molecule has 1 saturated heterocycles. The van der Waals surface area contributed by atoms with E-state index >= 15 is 0 Å². The number of nitrogens with zero attached hydrogens (tertiary/aromatic N) is 2. The summed E-state index contributed by atoms with van der Waals surface area (Å²) in [6, 6.07) is 21.1. The van der Waals surface area contributed by atoms with E-state index in [-0.39, 0.29) is 29.6 Å². The lowest BCUT2D eigenvalue weighted by Gasteiger charge is -2.46. The Bertz CT molecular complexity index is 1490. The first-order valence-corrected chi connectivity index (χ1v) is 12.6. The Hall–Kier alpha value is -3.55. The minimum Gasteiger partial charge on any atom is -0.381 e. The van der Waals surface area contributed by atoms with Crippen molar-refractivity contribution in [2.75, 3.05) is 13.1 Å². The highest BCUT2D eigenvalue weighted by Gasteiger charge is 2.45. The fourth-order valence-electron chi connectivity index (χ4n) is 4.43. The highest BCUT2D eigenvalue weighted by molar-refractivity contribution is 7.90. The third-order valence-electron chi connectivity index (χ3n) is 6.28. The van der Waals surface area contributed by atoms with E-state index in [1.165, 1.54) is 0 Å². The van der Waals surface area contributed by atoms with Crippen LogP contribution in [0.2, 0.25) is 0 Å². The SMILES string of the molecule is Cc1cccc(C2(O)CN(C(=O)c3ccc(CS(=O)(=O)c4cccc5cnccc45)cc3)C2)c1. The van der Waals surface area contributed by atoms with Crippen molar-refractivity contribution in [2.45, 2.75) is 23.2 Å². The number of aryl methyl sites for hydroxylation is 1. The van der Waals surface area contributed by atoms with Crippen LogP contribution in [-0.4, -0.2) is 42.4 Å². The molecule has 0 unspecified atom stereocenters. The van der Waals surface area contributed by atoms with Gasteiger partial charge in [-0.2, -0.15) is 0 Å². The number of aliphatic hydroxyl groups is 1. The summed E-state index contributed by atoms with van der Waals surface area (Å²) in [4.78, 5) is 18.8. The molecule has 0 radical (unpaired) electrons. The Balaban J connectivity index is 1.29. The van der Waals surface area contributed by atoms with Crippen LogP contribution in [0.1, 0.15) is 27.0 Å². The third-order valence-corrected chi connectivity index (χ3v) is 8.02. The number of benzene rings is 3. The van der Waals surface area contributed by atoms with Crippen molar-refractivity contribution in [3.8, 4) is 0 Å². The summed E-state index contributed by atoms with van der Waals surface area (Å²) in [5.74, 6) is -0.354. The van der Waals surface area contributed by atoms with Gasteiger partial charge in [0.15, 0.2) is 9.84 Å². The number of aromatic nitrogens is 1. The molecule has 6 nitrogen and oxygen atoms in total. The van der Waals surface area contributed by atoms with Gasteiger partial charge in [-0.3, -0.25) is 9.78 Å². The van der Waals surface area contributed by atoms with E-state index in [1.54, 1.807) is 59.8 Å². The Morgan fingerprint density at radius 3 is 2.50 bits per heavy atom. The molecule has 1 N–H and O–H groups in total. The number of sulfone groups is 1. The molecule has 0 saturated carbocycles. The van der Waals surface area contributed by atoms with E-state index in [1.807, 2.05) is 37.3 Å². The molecule has 1 aliphatic rings. The van der Waals surface area contributed by atoms with Crippen LogP contribution in [0.3, 0.4) is 0 Å². The largest absolute Gasteiger partial charge is 0.381 e. The van der Waals surface area contributed by atoms with E-state index in [9.17, 15) is 18.3 Å². The second-order valence-corrected chi connectivity index (χ2v) is 10.8. The summed E-state index contributed by atoms with van der Waals surface area (Å²) in [5, 5.41) is 12.3. The smallest absolute Gasteiger partial charge is 0.254 e. The van der Waals surface area contributed by atoms with Gasteiger partial charge < -0.3 is 10.0 Å². The normalized spacial score (nSPS) is 15.2. The number of pyridine rings is 1. The topological polar surface area (TPSA) is 87.6 Å². The lowest BCUT2D eigenvalue weighted by molar-refractivity contribution is -0.0863. The number of rotatable bonds is 5. The summed E-state index contributed by atoms with van der Waals surface area (Å²) in [6.45, 7) is 2.41. The molecule has 1 amide bonds. The zero-order valence-corrected chi connectivity index (χ0v) is 19.5. The van der Waals surface area contributed by atoms with Crippen LogP contribution in [0.25, 0.3) is 10.8 Å². The quantitative estimate of drug-likeness (QED) is 0.477. The van der Waals surface area contributed by atoms with Gasteiger partial charge in [0.05, 0.1) is 23.7 Å². The van der Waals surface area contributed by atoms with E-state index in [0.29, 0.717) is 16.5 Å². The summed E-state index contributed by atoms with van der Waals surface area (Å²) < 4.78 is 26.2. The van der Waals surface area contributed by atoms with Gasteiger partial charge in [-0.25, -0.2) is 8.42 Å². The van der Waals surface area contributed by atoms with Gasteiger partial charge in [-0.1, -0.05) is 54.1 Å². The van der Waals surface area contributed by atoms with E-state index in [2.05, 4.69) is 4.98 Å². The van der Waals surface area contributed by atoms with Crippen molar-refractivity contribution in [1.82, 2.24) is 9.88 Å². The van der Waals surface area contributed by atoms with Gasteiger partial charge in [0.2, 0.25) is 0 Å². The standard InChI is InChI=1S/C27H24N2O4S/c1-19-4-2-6-23(14-19)27(31)17-29(18-27)26(30)21-10-8-20(9-11-21)16-34(32,33)25-7-3-5-22-15-28-13-12-24(22)25/h2-15,31H,16-18H2,1H3. The summed E-state index contributed by atoms with van der Waals surface area (Å²) in [5.41, 5.74) is 1.89. The molecule has 4 aromatic rings. The zero-order valence-electron chi connectivity index (χ0n) is 18.7. The van der Waals surface area contributed by atoms with Crippen LogP contribution in [0.4, 0.5) is 0 Å². The summed E-state index contributed by atoms with van der Waals surface area (Å²) in [7, 11) is -3.59. The number of hydrogen-bond acceptors (Lipinski definition) is 5. The van der Waals surface area contributed by atoms with Gasteiger partial charge >= 0.3 is 0 Å². The van der Waals surface area contributed by atoms with Crippen LogP contribution in [0.15, 0.2) is 90.1 Å². The highest BCUT2D eigenvalue weighted by Crippen LogP contribution is 2.33. The van der Waals surface area contributed by atoms with Crippen molar-refractivity contribution in [2.24, 2.45) is 0 Å². The first-order valence-electron chi connectivity index (χ1n) is 11.0. The lowest BCUT2D eigenvalue weighted by Crippen LogP contribution is -2.61. The van der Waals surface area contributed by atoms with Crippen LogP contribution < -0.4 is 0 Å². The van der Waals surface area contributed by atoms with Crippen LogP contribution in [0.5, 0.6) is 0 Å². The van der Waals surface area contributed by atoms with E-state index in [4.69, 9.17) is 0 Å². The maximum absolute atomic E-state index is 13.1.